The summed E-state index contributed by atoms with van der Waals surface area (Å²) in [4.78, 5) is 27.5. The number of amides is 1. The topological polar surface area (TPSA) is 52.6 Å². The highest BCUT2D eigenvalue weighted by atomic mass is 16.2. The van der Waals surface area contributed by atoms with E-state index in [-0.39, 0.29) is 5.91 Å². The van der Waals surface area contributed by atoms with Gasteiger partial charge >= 0.3 is 0 Å². The van der Waals surface area contributed by atoms with Crippen LogP contribution in [-0.4, -0.2) is 72.5 Å². The van der Waals surface area contributed by atoms with Gasteiger partial charge in [-0.2, -0.15) is 0 Å². The van der Waals surface area contributed by atoms with Gasteiger partial charge in [0.25, 0.3) is 0 Å². The summed E-state index contributed by atoms with van der Waals surface area (Å²) in [5, 5.41) is 0. The van der Waals surface area contributed by atoms with Gasteiger partial charge in [0, 0.05) is 65.5 Å². The Hall–Kier alpha value is -1.69. The molecule has 2 aliphatic rings. The Kier molecular flexibility index (Phi) is 7.05. The third-order valence-electron chi connectivity index (χ3n) is 6.03. The van der Waals surface area contributed by atoms with Crippen molar-refractivity contribution in [3.05, 3.63) is 18.1 Å². The highest BCUT2D eigenvalue weighted by Crippen LogP contribution is 2.26. The van der Waals surface area contributed by atoms with Crippen LogP contribution < -0.4 is 4.90 Å². The second-order valence-corrected chi connectivity index (χ2v) is 8.56. The van der Waals surface area contributed by atoms with E-state index >= 15 is 0 Å². The zero-order valence-corrected chi connectivity index (χ0v) is 17.2. The lowest BCUT2D eigenvalue weighted by molar-refractivity contribution is -0.129. The van der Waals surface area contributed by atoms with Crippen molar-refractivity contribution in [2.75, 3.05) is 51.7 Å². The summed E-state index contributed by atoms with van der Waals surface area (Å²) in [6.07, 6.45) is 9.47. The second kappa shape index (κ2) is 9.49. The Morgan fingerprint density at radius 2 is 1.89 bits per heavy atom. The quantitative estimate of drug-likeness (QED) is 0.793. The van der Waals surface area contributed by atoms with E-state index in [0.29, 0.717) is 5.92 Å². The fourth-order valence-corrected chi connectivity index (χ4v) is 4.53. The van der Waals surface area contributed by atoms with Gasteiger partial charge in [-0.25, -0.2) is 9.97 Å². The Morgan fingerprint density at radius 1 is 1.11 bits per heavy atom. The highest BCUT2D eigenvalue weighted by molar-refractivity contribution is 5.73. The molecule has 0 N–H and O–H groups in total. The van der Waals surface area contributed by atoms with E-state index in [1.54, 1.807) is 13.3 Å². The van der Waals surface area contributed by atoms with Crippen LogP contribution in [0.5, 0.6) is 0 Å². The fourth-order valence-electron chi connectivity index (χ4n) is 4.53. The van der Waals surface area contributed by atoms with Crippen LogP contribution in [0.2, 0.25) is 0 Å². The fraction of sp³-hybridized carbons (Fsp3) is 0.762. The minimum atomic E-state index is 0.191. The number of aromatic nitrogens is 2. The first-order valence-electron chi connectivity index (χ1n) is 10.5. The van der Waals surface area contributed by atoms with Gasteiger partial charge in [0.1, 0.15) is 12.1 Å². The molecule has 1 atom stereocenters. The Balaban J connectivity index is 1.68. The van der Waals surface area contributed by atoms with E-state index in [9.17, 15) is 4.79 Å². The van der Waals surface area contributed by atoms with Gasteiger partial charge in [-0.1, -0.05) is 19.3 Å². The van der Waals surface area contributed by atoms with Gasteiger partial charge in [0.05, 0.1) is 0 Å². The van der Waals surface area contributed by atoms with Gasteiger partial charge in [0.15, 0.2) is 0 Å². The summed E-state index contributed by atoms with van der Waals surface area (Å²) in [5.41, 5.74) is 1.07. The molecule has 1 saturated carbocycles. The van der Waals surface area contributed by atoms with Crippen LogP contribution in [-0.2, 0) is 11.2 Å². The molecule has 0 aromatic carbocycles. The van der Waals surface area contributed by atoms with Crippen LogP contribution in [0.25, 0.3) is 0 Å². The monoisotopic (exact) mass is 373 g/mol. The molecular formula is C21H35N5O. The van der Waals surface area contributed by atoms with E-state index in [2.05, 4.69) is 20.9 Å². The van der Waals surface area contributed by atoms with E-state index in [1.165, 1.54) is 38.6 Å². The lowest BCUT2D eigenvalue weighted by Gasteiger charge is -2.30. The number of rotatable bonds is 5. The van der Waals surface area contributed by atoms with Crippen molar-refractivity contribution >= 4 is 11.7 Å². The minimum absolute atomic E-state index is 0.191. The molecule has 0 bridgehead atoms. The Bertz CT molecular complexity index is 614. The first-order valence-corrected chi connectivity index (χ1v) is 10.5. The number of carbonyl (C=O) groups is 1. The molecule has 0 radical (unpaired) electrons. The summed E-state index contributed by atoms with van der Waals surface area (Å²) < 4.78 is 0. The van der Waals surface area contributed by atoms with E-state index in [0.717, 1.165) is 50.0 Å². The number of hydrogen-bond donors (Lipinski definition) is 0. The van der Waals surface area contributed by atoms with Crippen LogP contribution in [0.1, 0.15) is 44.7 Å². The standard InChI is InChI=1S/C21H35N5O/c1-17(27)26-10-9-25(13-18-7-5-4-6-8-18)14-19(15-26)11-20-12-21(24(2)3)23-16-22-20/h12,16,18-19H,4-11,13-15H2,1-3H3. The molecule has 27 heavy (non-hydrogen) atoms. The van der Waals surface area contributed by atoms with Crippen molar-refractivity contribution in [2.45, 2.75) is 45.4 Å². The van der Waals surface area contributed by atoms with Gasteiger partial charge < -0.3 is 14.7 Å². The average molecular weight is 374 g/mol. The van der Waals surface area contributed by atoms with Crippen molar-refractivity contribution < 1.29 is 4.79 Å². The van der Waals surface area contributed by atoms with E-state index in [4.69, 9.17) is 0 Å². The average Bonchev–Trinajstić information content (AvgIpc) is 2.85. The second-order valence-electron chi connectivity index (χ2n) is 8.56. The summed E-state index contributed by atoms with van der Waals surface area (Å²) in [6, 6.07) is 2.08. The summed E-state index contributed by atoms with van der Waals surface area (Å²) in [5.74, 6) is 2.39. The smallest absolute Gasteiger partial charge is 0.219 e. The number of anilines is 1. The molecule has 1 saturated heterocycles. The third kappa shape index (κ3) is 5.89. The van der Waals surface area contributed by atoms with Crippen molar-refractivity contribution in [3.63, 3.8) is 0 Å². The van der Waals surface area contributed by atoms with Crippen molar-refractivity contribution in [2.24, 2.45) is 11.8 Å². The molecule has 0 spiro atoms. The molecule has 6 nitrogen and oxygen atoms in total. The molecule has 1 amide bonds. The third-order valence-corrected chi connectivity index (χ3v) is 6.03. The maximum absolute atomic E-state index is 12.1. The largest absolute Gasteiger partial charge is 0.363 e. The van der Waals surface area contributed by atoms with Crippen LogP contribution in [0, 0.1) is 11.8 Å². The molecule has 1 unspecified atom stereocenters. The van der Waals surface area contributed by atoms with Crippen LogP contribution >= 0.6 is 0 Å². The molecule has 2 heterocycles. The molecule has 1 aliphatic carbocycles. The maximum Gasteiger partial charge on any atom is 0.219 e. The van der Waals surface area contributed by atoms with Gasteiger partial charge in [0.2, 0.25) is 5.91 Å². The van der Waals surface area contributed by atoms with Gasteiger partial charge in [-0.3, -0.25) is 4.79 Å². The molecule has 2 fully saturated rings. The molecule has 1 aromatic heterocycles. The zero-order chi connectivity index (χ0) is 19.2. The lowest BCUT2D eigenvalue weighted by atomic mass is 9.88. The van der Waals surface area contributed by atoms with E-state index in [1.807, 2.05) is 23.9 Å². The minimum Gasteiger partial charge on any atom is -0.363 e. The number of nitrogens with zero attached hydrogens (tertiary/aromatic N) is 5. The molecule has 3 rings (SSSR count). The first-order chi connectivity index (χ1) is 13.0. The number of hydrogen-bond acceptors (Lipinski definition) is 5. The predicted octanol–water partition coefficient (Wildman–Crippen LogP) is 2.45. The first kappa shape index (κ1) is 20.1. The molecule has 150 valence electrons. The van der Waals surface area contributed by atoms with Crippen LogP contribution in [0.3, 0.4) is 0 Å². The predicted molar refractivity (Wildman–Crippen MR) is 109 cm³/mol. The molecule has 6 heteroatoms. The lowest BCUT2D eigenvalue weighted by Crippen LogP contribution is -2.36. The summed E-state index contributed by atoms with van der Waals surface area (Å²) in [6.45, 7) is 6.63. The van der Waals surface area contributed by atoms with Crippen molar-refractivity contribution in [1.82, 2.24) is 19.8 Å². The highest BCUT2D eigenvalue weighted by Gasteiger charge is 2.27. The van der Waals surface area contributed by atoms with Crippen LogP contribution in [0.15, 0.2) is 12.4 Å². The zero-order valence-electron chi connectivity index (χ0n) is 17.2. The van der Waals surface area contributed by atoms with Gasteiger partial charge in [-0.15, -0.1) is 0 Å². The van der Waals surface area contributed by atoms with Crippen molar-refractivity contribution in [1.29, 1.82) is 0 Å². The number of carbonyl (C=O) groups excluding carboxylic acids is 1. The Morgan fingerprint density at radius 3 is 2.59 bits per heavy atom. The SMILES string of the molecule is CC(=O)N1CCN(CC2CCCCC2)CC(Cc2cc(N(C)C)ncn2)C1. The molecular weight excluding hydrogens is 338 g/mol. The van der Waals surface area contributed by atoms with Crippen LogP contribution in [0.4, 0.5) is 5.82 Å². The van der Waals surface area contributed by atoms with Crippen molar-refractivity contribution in [3.8, 4) is 0 Å². The summed E-state index contributed by atoms with van der Waals surface area (Å²) >= 11 is 0. The molecule has 1 aliphatic heterocycles. The summed E-state index contributed by atoms with van der Waals surface area (Å²) in [7, 11) is 4.00. The van der Waals surface area contributed by atoms with Gasteiger partial charge in [-0.05, 0) is 31.1 Å². The molecule has 1 aromatic rings. The normalized spacial score (nSPS) is 22.5. The Labute approximate surface area is 164 Å². The maximum atomic E-state index is 12.1. The van der Waals surface area contributed by atoms with E-state index < -0.39 is 0 Å².